The fourth-order valence-corrected chi connectivity index (χ4v) is 2.98. The lowest BCUT2D eigenvalue weighted by Gasteiger charge is -2.01. The SMILES string of the molecule is O=[S@@](CCO)CCCCC[S@@](=O)CCO. The average Bonchev–Trinajstić information content (AvgIpc) is 2.18. The van der Waals surface area contributed by atoms with E-state index in [1.807, 2.05) is 0 Å². The van der Waals surface area contributed by atoms with Crippen LogP contribution in [-0.2, 0) is 21.6 Å². The van der Waals surface area contributed by atoms with Crippen LogP contribution in [0.25, 0.3) is 0 Å². The number of aliphatic hydroxyl groups is 2. The van der Waals surface area contributed by atoms with Crippen molar-refractivity contribution >= 4 is 21.6 Å². The second-order valence-corrected chi connectivity index (χ2v) is 6.60. The predicted octanol–water partition coefficient (Wildman–Crippen LogP) is -0.361. The summed E-state index contributed by atoms with van der Waals surface area (Å²) in [5, 5.41) is 17.0. The molecule has 2 atom stereocenters. The minimum atomic E-state index is -0.903. The molecule has 4 nitrogen and oxygen atoms in total. The van der Waals surface area contributed by atoms with Gasteiger partial charge >= 0.3 is 0 Å². The highest BCUT2D eigenvalue weighted by atomic mass is 32.2. The van der Waals surface area contributed by atoms with Gasteiger partial charge in [0.15, 0.2) is 0 Å². The molecule has 0 aliphatic heterocycles. The van der Waals surface area contributed by atoms with Gasteiger partial charge in [-0.05, 0) is 12.8 Å². The summed E-state index contributed by atoms with van der Waals surface area (Å²) in [6.07, 6.45) is 2.61. The Morgan fingerprint density at radius 3 is 1.40 bits per heavy atom. The second-order valence-electron chi connectivity index (χ2n) is 3.20. The van der Waals surface area contributed by atoms with E-state index in [4.69, 9.17) is 10.2 Å². The van der Waals surface area contributed by atoms with E-state index in [1.165, 1.54) is 0 Å². The monoisotopic (exact) mass is 256 g/mol. The van der Waals surface area contributed by atoms with Crippen LogP contribution in [0.3, 0.4) is 0 Å². The van der Waals surface area contributed by atoms with Crippen molar-refractivity contribution in [3.05, 3.63) is 0 Å². The molecule has 0 aromatic heterocycles. The maximum atomic E-state index is 11.1. The molecule has 0 heterocycles. The summed E-state index contributed by atoms with van der Waals surface area (Å²) in [5.41, 5.74) is 0. The topological polar surface area (TPSA) is 74.6 Å². The van der Waals surface area contributed by atoms with Crippen molar-refractivity contribution in [3.63, 3.8) is 0 Å². The zero-order valence-electron chi connectivity index (χ0n) is 8.89. The van der Waals surface area contributed by atoms with Crippen LogP contribution in [0.2, 0.25) is 0 Å². The summed E-state index contributed by atoms with van der Waals surface area (Å²) in [6.45, 7) is -0.0414. The largest absolute Gasteiger partial charge is 0.395 e. The highest BCUT2D eigenvalue weighted by Gasteiger charge is 2.00. The number of unbranched alkanes of at least 4 members (excludes halogenated alkanes) is 2. The maximum absolute atomic E-state index is 11.1. The maximum Gasteiger partial charge on any atom is 0.0546 e. The number of aliphatic hydroxyl groups excluding tert-OH is 2. The molecule has 0 radical (unpaired) electrons. The quantitative estimate of drug-likeness (QED) is 0.523. The van der Waals surface area contributed by atoms with Crippen LogP contribution < -0.4 is 0 Å². The molecular weight excluding hydrogens is 236 g/mol. The van der Waals surface area contributed by atoms with Crippen LogP contribution in [0.5, 0.6) is 0 Å². The van der Waals surface area contributed by atoms with Gasteiger partial charge in [0.1, 0.15) is 0 Å². The van der Waals surface area contributed by atoms with Gasteiger partial charge in [0, 0.05) is 44.6 Å². The van der Waals surface area contributed by atoms with Gasteiger partial charge in [-0.15, -0.1) is 0 Å². The van der Waals surface area contributed by atoms with Gasteiger partial charge in [-0.3, -0.25) is 8.42 Å². The van der Waals surface area contributed by atoms with Gasteiger partial charge in [0.25, 0.3) is 0 Å². The minimum absolute atomic E-state index is 0.0207. The molecule has 0 aliphatic rings. The first-order valence-electron chi connectivity index (χ1n) is 5.12. The Kier molecular flexibility index (Phi) is 10.9. The molecule has 0 bridgehead atoms. The fraction of sp³-hybridized carbons (Fsp3) is 1.00. The summed E-state index contributed by atoms with van der Waals surface area (Å²) in [5.74, 6) is 1.95. The third kappa shape index (κ3) is 10.5. The summed E-state index contributed by atoms with van der Waals surface area (Å²) in [4.78, 5) is 0. The van der Waals surface area contributed by atoms with Gasteiger partial charge in [-0.2, -0.15) is 0 Å². The first-order chi connectivity index (χ1) is 7.20. The highest BCUT2D eigenvalue weighted by molar-refractivity contribution is 7.85. The first-order valence-corrected chi connectivity index (χ1v) is 8.10. The highest BCUT2D eigenvalue weighted by Crippen LogP contribution is 1.99. The van der Waals surface area contributed by atoms with Crippen molar-refractivity contribution in [2.75, 3.05) is 36.2 Å². The number of rotatable bonds is 10. The Hall–Kier alpha value is 0.220. The summed E-state index contributed by atoms with van der Waals surface area (Å²) in [7, 11) is -1.81. The van der Waals surface area contributed by atoms with Crippen LogP contribution in [-0.4, -0.2) is 54.9 Å². The lowest BCUT2D eigenvalue weighted by Crippen LogP contribution is -2.08. The Bertz CT molecular complexity index is 177. The minimum Gasteiger partial charge on any atom is -0.395 e. The van der Waals surface area contributed by atoms with Crippen molar-refractivity contribution in [2.24, 2.45) is 0 Å². The first kappa shape index (κ1) is 15.2. The van der Waals surface area contributed by atoms with Gasteiger partial charge in [0.2, 0.25) is 0 Å². The molecule has 0 saturated heterocycles. The van der Waals surface area contributed by atoms with Crippen molar-refractivity contribution < 1.29 is 18.6 Å². The molecule has 0 unspecified atom stereocenters. The van der Waals surface area contributed by atoms with Gasteiger partial charge in [-0.1, -0.05) is 6.42 Å². The molecule has 6 heteroatoms. The Balaban J connectivity index is 3.24. The molecule has 0 saturated carbocycles. The fourth-order valence-electron chi connectivity index (χ4n) is 1.11. The third-order valence-electron chi connectivity index (χ3n) is 1.88. The van der Waals surface area contributed by atoms with E-state index in [9.17, 15) is 8.42 Å². The Labute approximate surface area is 96.0 Å². The van der Waals surface area contributed by atoms with Gasteiger partial charge in [-0.25, -0.2) is 0 Å². The van der Waals surface area contributed by atoms with Crippen LogP contribution in [0, 0.1) is 0 Å². The van der Waals surface area contributed by atoms with E-state index < -0.39 is 21.6 Å². The lowest BCUT2D eigenvalue weighted by molar-refractivity contribution is 0.321. The second kappa shape index (κ2) is 10.7. The third-order valence-corrected chi connectivity index (χ3v) is 4.65. The van der Waals surface area contributed by atoms with E-state index >= 15 is 0 Å². The molecule has 15 heavy (non-hydrogen) atoms. The number of hydrogen-bond acceptors (Lipinski definition) is 4. The van der Waals surface area contributed by atoms with Crippen molar-refractivity contribution in [1.29, 1.82) is 0 Å². The van der Waals surface area contributed by atoms with Crippen LogP contribution in [0.1, 0.15) is 19.3 Å². The molecule has 0 amide bonds. The van der Waals surface area contributed by atoms with Crippen LogP contribution in [0.4, 0.5) is 0 Å². The zero-order chi connectivity index (χ0) is 11.5. The molecule has 92 valence electrons. The normalized spacial score (nSPS) is 15.1. The summed E-state index contributed by atoms with van der Waals surface area (Å²) in [6, 6.07) is 0. The molecule has 0 aromatic carbocycles. The molecule has 0 fully saturated rings. The van der Waals surface area contributed by atoms with E-state index in [1.54, 1.807) is 0 Å². The summed E-state index contributed by atoms with van der Waals surface area (Å²) >= 11 is 0. The standard InChI is InChI=1S/C9H20O4S2/c10-4-8-14(12)6-2-1-3-7-15(13)9-5-11/h10-11H,1-9H2/t14-,15-/m1/s1. The van der Waals surface area contributed by atoms with E-state index in [2.05, 4.69) is 0 Å². The molecule has 0 aliphatic carbocycles. The van der Waals surface area contributed by atoms with Gasteiger partial charge < -0.3 is 10.2 Å². The zero-order valence-corrected chi connectivity index (χ0v) is 10.5. The van der Waals surface area contributed by atoms with Crippen LogP contribution in [0.15, 0.2) is 0 Å². The van der Waals surface area contributed by atoms with Crippen molar-refractivity contribution in [3.8, 4) is 0 Å². The smallest absolute Gasteiger partial charge is 0.0546 e. The van der Waals surface area contributed by atoms with E-state index in [-0.39, 0.29) is 13.2 Å². The molecule has 0 rings (SSSR count). The Morgan fingerprint density at radius 1 is 0.667 bits per heavy atom. The lowest BCUT2D eigenvalue weighted by atomic mass is 10.3. The van der Waals surface area contributed by atoms with Gasteiger partial charge in [0.05, 0.1) is 13.2 Å². The van der Waals surface area contributed by atoms with Crippen molar-refractivity contribution in [1.82, 2.24) is 0 Å². The van der Waals surface area contributed by atoms with Crippen molar-refractivity contribution in [2.45, 2.75) is 19.3 Å². The summed E-state index contributed by atoms with van der Waals surface area (Å²) < 4.78 is 22.2. The Morgan fingerprint density at radius 2 is 1.07 bits per heavy atom. The molecule has 2 N–H and O–H groups in total. The van der Waals surface area contributed by atoms with Crippen LogP contribution >= 0.6 is 0 Å². The predicted molar refractivity (Wildman–Crippen MR) is 63.8 cm³/mol. The average molecular weight is 256 g/mol. The molecule has 0 aromatic rings. The molecular formula is C9H20O4S2. The van der Waals surface area contributed by atoms with E-state index in [0.717, 1.165) is 19.3 Å². The molecule has 0 spiro atoms. The van der Waals surface area contributed by atoms with E-state index in [0.29, 0.717) is 23.0 Å². The number of hydrogen-bond donors (Lipinski definition) is 2.